The monoisotopic (exact) mass is 526 g/mol. The van der Waals surface area contributed by atoms with Crippen molar-refractivity contribution in [2.75, 3.05) is 0 Å². The largest absolute Gasteiger partial charge is 0.504 e. The van der Waals surface area contributed by atoms with Crippen LogP contribution >= 0.6 is 0 Å². The minimum absolute atomic E-state index is 0.0507. The van der Waals surface area contributed by atoms with E-state index in [1.54, 1.807) is 6.07 Å². The van der Waals surface area contributed by atoms with Crippen LogP contribution in [0.3, 0.4) is 0 Å². The van der Waals surface area contributed by atoms with E-state index in [0.717, 1.165) is 66.8 Å². The number of aromatic hydroxyl groups is 1. The van der Waals surface area contributed by atoms with Crippen molar-refractivity contribution in [1.82, 2.24) is 0 Å². The molecule has 4 aromatic carbocycles. The first-order valence-electron chi connectivity index (χ1n) is 13.4. The summed E-state index contributed by atoms with van der Waals surface area (Å²) >= 11 is 0. The third kappa shape index (κ3) is 4.58. The van der Waals surface area contributed by atoms with Gasteiger partial charge in [-0.05, 0) is 93.4 Å². The highest BCUT2D eigenvalue weighted by Crippen LogP contribution is 2.40. The van der Waals surface area contributed by atoms with E-state index in [-0.39, 0.29) is 5.75 Å². The van der Waals surface area contributed by atoms with Crippen molar-refractivity contribution in [3.63, 3.8) is 0 Å². The fourth-order valence-corrected chi connectivity index (χ4v) is 5.18. The van der Waals surface area contributed by atoms with E-state index >= 15 is 0 Å². The topological polar surface area (TPSA) is 55.7 Å². The molecular formula is C36H30O4. The van der Waals surface area contributed by atoms with Gasteiger partial charge in [0.2, 0.25) is 0 Å². The average molecular weight is 527 g/mol. The first-order valence-corrected chi connectivity index (χ1v) is 13.4. The lowest BCUT2D eigenvalue weighted by molar-refractivity contribution is 0.411. The van der Waals surface area contributed by atoms with Crippen LogP contribution in [-0.4, -0.2) is 5.11 Å². The molecule has 0 radical (unpaired) electrons. The van der Waals surface area contributed by atoms with Gasteiger partial charge >= 0.3 is 0 Å². The van der Waals surface area contributed by atoms with Crippen LogP contribution in [0.2, 0.25) is 0 Å². The standard InChI is InChI=1S/C36H30O4/c1-5-8-24-12-16-32-29(18-24)22(3)35(39-32)26-10-7-11-28(20-26)38-34-21-27(14-15-31(34)37)36-23(4)30-19-25(9-6-2)13-17-33(30)40-36/h5-21,37H,1-4H3/b8-5+,9-6+. The zero-order valence-electron chi connectivity index (χ0n) is 23.0. The van der Waals surface area contributed by atoms with Gasteiger partial charge in [-0.1, -0.05) is 48.6 Å². The van der Waals surface area contributed by atoms with Gasteiger partial charge in [0.05, 0.1) is 0 Å². The highest BCUT2D eigenvalue weighted by molar-refractivity contribution is 5.90. The molecule has 0 unspecified atom stereocenters. The van der Waals surface area contributed by atoms with Gasteiger partial charge in [0, 0.05) is 33.0 Å². The molecular weight excluding hydrogens is 496 g/mol. The molecule has 0 saturated heterocycles. The summed E-state index contributed by atoms with van der Waals surface area (Å²) in [6.45, 7) is 8.13. The molecule has 2 aromatic heterocycles. The molecule has 1 N–H and O–H groups in total. The number of fused-ring (bicyclic) bond motifs is 2. The number of rotatable bonds is 6. The number of ether oxygens (including phenoxy) is 1. The molecule has 4 heteroatoms. The summed E-state index contributed by atoms with van der Waals surface area (Å²) in [6, 6.07) is 25.4. The Morgan fingerprint density at radius 3 is 1.80 bits per heavy atom. The molecule has 40 heavy (non-hydrogen) atoms. The van der Waals surface area contributed by atoms with Crippen LogP contribution in [0.4, 0.5) is 0 Å². The molecule has 0 amide bonds. The highest BCUT2D eigenvalue weighted by atomic mass is 16.5. The summed E-state index contributed by atoms with van der Waals surface area (Å²) in [6.07, 6.45) is 8.19. The Morgan fingerprint density at radius 2 is 1.23 bits per heavy atom. The molecule has 0 atom stereocenters. The lowest BCUT2D eigenvalue weighted by Gasteiger charge is -2.10. The normalized spacial score (nSPS) is 11.9. The summed E-state index contributed by atoms with van der Waals surface area (Å²) < 4.78 is 18.7. The maximum atomic E-state index is 10.7. The van der Waals surface area contributed by atoms with Gasteiger partial charge in [-0.2, -0.15) is 0 Å². The van der Waals surface area contributed by atoms with Crippen LogP contribution < -0.4 is 4.74 Å². The summed E-state index contributed by atoms with van der Waals surface area (Å²) in [4.78, 5) is 0. The lowest BCUT2D eigenvalue weighted by Crippen LogP contribution is -1.88. The van der Waals surface area contributed by atoms with Gasteiger partial charge in [0.15, 0.2) is 11.5 Å². The first-order chi connectivity index (χ1) is 19.4. The van der Waals surface area contributed by atoms with E-state index < -0.39 is 0 Å². The van der Waals surface area contributed by atoms with Gasteiger partial charge in [-0.15, -0.1) is 0 Å². The Labute approximate surface area is 233 Å². The zero-order chi connectivity index (χ0) is 27.8. The summed E-state index contributed by atoms with van der Waals surface area (Å²) in [5.74, 6) is 2.54. The third-order valence-electron chi connectivity index (χ3n) is 7.18. The third-order valence-corrected chi connectivity index (χ3v) is 7.18. The van der Waals surface area contributed by atoms with Gasteiger partial charge in [0.1, 0.15) is 28.4 Å². The van der Waals surface area contributed by atoms with E-state index in [1.807, 2.05) is 80.6 Å². The number of benzene rings is 4. The van der Waals surface area contributed by atoms with Gasteiger partial charge in [-0.25, -0.2) is 0 Å². The minimum atomic E-state index is 0.0507. The van der Waals surface area contributed by atoms with Crippen LogP contribution in [0.1, 0.15) is 36.1 Å². The Kier molecular flexibility index (Phi) is 6.53. The van der Waals surface area contributed by atoms with E-state index in [1.165, 1.54) is 0 Å². The molecule has 6 rings (SSSR count). The number of allylic oxidation sites excluding steroid dienone is 2. The molecule has 198 valence electrons. The molecule has 6 aromatic rings. The number of hydrogen-bond donors (Lipinski definition) is 1. The molecule has 0 spiro atoms. The molecule has 0 aliphatic heterocycles. The molecule has 4 nitrogen and oxygen atoms in total. The first kappa shape index (κ1) is 25.3. The van der Waals surface area contributed by atoms with Crippen molar-refractivity contribution < 1.29 is 18.7 Å². The van der Waals surface area contributed by atoms with Crippen molar-refractivity contribution >= 4 is 34.1 Å². The van der Waals surface area contributed by atoms with Crippen molar-refractivity contribution in [3.05, 3.63) is 113 Å². The van der Waals surface area contributed by atoms with Crippen LogP contribution in [0, 0.1) is 13.8 Å². The number of furan rings is 2. The Bertz CT molecular complexity index is 1930. The molecule has 0 saturated carbocycles. The van der Waals surface area contributed by atoms with Gasteiger partial charge < -0.3 is 18.7 Å². The smallest absolute Gasteiger partial charge is 0.169 e. The Hall–Kier alpha value is -4.96. The van der Waals surface area contributed by atoms with Crippen molar-refractivity contribution in [1.29, 1.82) is 0 Å². The second-order valence-corrected chi connectivity index (χ2v) is 9.94. The number of hydrogen-bond acceptors (Lipinski definition) is 4. The summed E-state index contributed by atoms with van der Waals surface area (Å²) in [5.41, 5.74) is 7.77. The predicted octanol–water partition coefficient (Wildman–Crippen LogP) is 10.7. The van der Waals surface area contributed by atoms with Crippen molar-refractivity contribution in [2.45, 2.75) is 27.7 Å². The van der Waals surface area contributed by atoms with Crippen LogP contribution in [-0.2, 0) is 0 Å². The summed E-state index contributed by atoms with van der Waals surface area (Å²) in [7, 11) is 0. The quantitative estimate of drug-likeness (QED) is 0.234. The average Bonchev–Trinajstić information content (AvgIpc) is 3.47. The van der Waals surface area contributed by atoms with E-state index in [9.17, 15) is 5.11 Å². The molecule has 0 aliphatic carbocycles. The fraction of sp³-hybridized carbons (Fsp3) is 0.111. The number of phenolic OH excluding ortho intramolecular Hbond substituents is 1. The predicted molar refractivity (Wildman–Crippen MR) is 164 cm³/mol. The Morgan fingerprint density at radius 1 is 0.650 bits per heavy atom. The van der Waals surface area contributed by atoms with Crippen molar-refractivity contribution in [2.24, 2.45) is 0 Å². The minimum Gasteiger partial charge on any atom is -0.504 e. The maximum Gasteiger partial charge on any atom is 0.169 e. The molecule has 2 heterocycles. The van der Waals surface area contributed by atoms with E-state index in [4.69, 9.17) is 13.6 Å². The van der Waals surface area contributed by atoms with Gasteiger partial charge in [-0.3, -0.25) is 0 Å². The fourth-order valence-electron chi connectivity index (χ4n) is 5.18. The van der Waals surface area contributed by atoms with Crippen LogP contribution in [0.5, 0.6) is 17.2 Å². The number of aryl methyl sites for hydroxylation is 2. The Balaban J connectivity index is 1.34. The van der Waals surface area contributed by atoms with Crippen LogP contribution in [0.15, 0.2) is 99.8 Å². The second-order valence-electron chi connectivity index (χ2n) is 9.94. The highest BCUT2D eigenvalue weighted by Gasteiger charge is 2.17. The molecule has 0 fully saturated rings. The number of phenols is 1. The summed E-state index contributed by atoms with van der Waals surface area (Å²) in [5, 5.41) is 12.8. The maximum absolute atomic E-state index is 10.7. The van der Waals surface area contributed by atoms with Crippen molar-refractivity contribution in [3.8, 4) is 39.9 Å². The lowest BCUT2D eigenvalue weighted by atomic mass is 10.0. The molecule has 0 aliphatic rings. The van der Waals surface area contributed by atoms with E-state index in [0.29, 0.717) is 11.5 Å². The molecule has 0 bridgehead atoms. The van der Waals surface area contributed by atoms with Crippen LogP contribution in [0.25, 0.3) is 56.7 Å². The zero-order valence-corrected chi connectivity index (χ0v) is 23.0. The van der Waals surface area contributed by atoms with Gasteiger partial charge in [0.25, 0.3) is 0 Å². The van der Waals surface area contributed by atoms with E-state index in [2.05, 4.69) is 44.2 Å². The SMILES string of the molecule is C/C=C/c1ccc2oc(-c3cccc(Oc4cc(-c5oc6ccc(/C=C/C)cc6c5C)ccc4O)c3)c(C)c2c1. The second kappa shape index (κ2) is 10.3.